The molecule has 0 unspecified atom stereocenters. The molecule has 0 atom stereocenters. The van der Waals surface area contributed by atoms with Crippen molar-refractivity contribution in [1.82, 2.24) is 0 Å². The van der Waals surface area contributed by atoms with E-state index in [1.54, 1.807) is 27.9 Å². The highest BCUT2D eigenvalue weighted by atomic mass is 16.7. The summed E-state index contributed by atoms with van der Waals surface area (Å²) in [5.74, 6) is -1.51. The second-order valence-electron chi connectivity index (χ2n) is 16.9. The van der Waals surface area contributed by atoms with Crippen LogP contribution in [0.3, 0.4) is 0 Å². The third-order valence-electron chi connectivity index (χ3n) is 9.86. The van der Waals surface area contributed by atoms with E-state index >= 15 is 0 Å². The van der Waals surface area contributed by atoms with Gasteiger partial charge in [0, 0.05) is 78.7 Å². The first kappa shape index (κ1) is 71.8. The molecular weight excluding hydrogens is 857 g/mol. The Kier molecular flexibility index (Phi) is 55.7. The van der Waals surface area contributed by atoms with Gasteiger partial charge in [0.05, 0.1) is 19.8 Å². The van der Waals surface area contributed by atoms with Gasteiger partial charge in [-0.15, -0.1) is 0 Å². The second kappa shape index (κ2) is 51.2. The van der Waals surface area contributed by atoms with Crippen molar-refractivity contribution < 1.29 is 77.6 Å². The summed E-state index contributed by atoms with van der Waals surface area (Å²) in [7, 11) is 1.62. The SMILES string of the molecule is C.C.COCCCOC(=O)C(C)(C)OCCCCCCCCOC(C)(C)C(=O)CCCCCCC(C)=O.O=C(O)CCCCCCC(=O)O.O=C1OCCCO1.OCCCCCCCCO. The number of carbonyl (C=O) groups excluding carboxylic acids is 4. The Morgan fingerprint density at radius 2 is 0.894 bits per heavy atom. The number of hydrogen-bond donors (Lipinski definition) is 4. The number of aliphatic hydroxyl groups is 2. The lowest BCUT2D eigenvalue weighted by atomic mass is 9.97. The largest absolute Gasteiger partial charge is 0.508 e. The highest BCUT2D eigenvalue weighted by Gasteiger charge is 2.30. The van der Waals surface area contributed by atoms with Gasteiger partial charge in [-0.2, -0.15) is 0 Å². The average molecular weight is 955 g/mol. The van der Waals surface area contributed by atoms with E-state index in [0.29, 0.717) is 85.0 Å². The zero-order chi connectivity index (χ0) is 48.7. The molecule has 1 heterocycles. The molecule has 0 aliphatic carbocycles. The zero-order valence-corrected chi connectivity index (χ0v) is 40.7. The summed E-state index contributed by atoms with van der Waals surface area (Å²) in [6.07, 6.45) is 21.9. The lowest BCUT2D eigenvalue weighted by Crippen LogP contribution is -2.37. The van der Waals surface area contributed by atoms with Gasteiger partial charge in [0.1, 0.15) is 11.4 Å². The second-order valence-corrected chi connectivity index (χ2v) is 16.9. The number of ether oxygens (including phenoxy) is 6. The molecule has 1 aliphatic heterocycles. The fourth-order valence-electron chi connectivity index (χ4n) is 5.81. The van der Waals surface area contributed by atoms with Crippen LogP contribution in [0.5, 0.6) is 0 Å². The van der Waals surface area contributed by atoms with Gasteiger partial charge < -0.3 is 53.6 Å². The topological polar surface area (TPSA) is 239 Å². The van der Waals surface area contributed by atoms with Gasteiger partial charge in [0.15, 0.2) is 11.4 Å². The third kappa shape index (κ3) is 55.1. The van der Waals surface area contributed by atoms with Crippen LogP contribution in [0.2, 0.25) is 0 Å². The number of aliphatic carboxylic acids is 2. The van der Waals surface area contributed by atoms with Crippen LogP contribution in [0.1, 0.15) is 216 Å². The molecule has 0 aromatic heterocycles. The highest BCUT2D eigenvalue weighted by Crippen LogP contribution is 2.18. The van der Waals surface area contributed by atoms with Crippen LogP contribution in [0.15, 0.2) is 0 Å². The van der Waals surface area contributed by atoms with E-state index in [1.807, 2.05) is 13.8 Å². The summed E-state index contributed by atoms with van der Waals surface area (Å²) < 4.78 is 30.6. The minimum atomic E-state index is -0.926. The molecule has 4 N–H and O–H groups in total. The molecule has 0 amide bonds. The van der Waals surface area contributed by atoms with Gasteiger partial charge in [-0.05, 0) is 86.0 Å². The number of unbranched alkanes of at least 4 members (excludes halogenated alkanes) is 16. The number of aliphatic hydroxyl groups excluding tert-OH is 2. The van der Waals surface area contributed by atoms with Crippen LogP contribution < -0.4 is 0 Å². The van der Waals surface area contributed by atoms with Crippen molar-refractivity contribution in [1.29, 1.82) is 0 Å². The molecule has 0 aromatic rings. The Hall–Kier alpha value is -3.18. The number of rotatable bonds is 38. The minimum Gasteiger partial charge on any atom is -0.481 e. The van der Waals surface area contributed by atoms with Gasteiger partial charge in [-0.1, -0.05) is 91.9 Å². The van der Waals surface area contributed by atoms with E-state index in [-0.39, 0.29) is 45.2 Å². The van der Waals surface area contributed by atoms with Gasteiger partial charge in [-0.3, -0.25) is 14.4 Å². The molecule has 0 radical (unpaired) electrons. The number of ketones is 2. The fraction of sp³-hybridized carbons (Fsp3) is 0.880. The average Bonchev–Trinajstić information content (AvgIpc) is 3.24. The summed E-state index contributed by atoms with van der Waals surface area (Å²) in [5, 5.41) is 33.4. The van der Waals surface area contributed by atoms with Gasteiger partial charge in [-0.25, -0.2) is 9.59 Å². The molecule has 1 fully saturated rings. The summed E-state index contributed by atoms with van der Waals surface area (Å²) in [4.78, 5) is 65.6. The van der Waals surface area contributed by atoms with Crippen molar-refractivity contribution in [3.8, 4) is 0 Å². The van der Waals surface area contributed by atoms with Crippen molar-refractivity contribution in [3.63, 3.8) is 0 Å². The van der Waals surface area contributed by atoms with E-state index in [9.17, 15) is 28.8 Å². The predicted octanol–water partition coefficient (Wildman–Crippen LogP) is 10.6. The van der Waals surface area contributed by atoms with Crippen LogP contribution in [0, 0.1) is 0 Å². The molecule has 0 aromatic carbocycles. The Bertz CT molecular complexity index is 1120. The van der Waals surface area contributed by atoms with Crippen LogP contribution in [-0.2, 0) is 52.4 Å². The first-order valence-electron chi connectivity index (χ1n) is 23.9. The Morgan fingerprint density at radius 3 is 1.27 bits per heavy atom. The molecule has 0 saturated carbocycles. The normalized spacial score (nSPS) is 11.8. The van der Waals surface area contributed by atoms with Gasteiger partial charge in [0.25, 0.3) is 0 Å². The highest BCUT2D eigenvalue weighted by molar-refractivity contribution is 5.86. The Balaban J connectivity index is -0.000000321. The molecule has 1 aliphatic rings. The lowest BCUT2D eigenvalue weighted by Gasteiger charge is -2.24. The van der Waals surface area contributed by atoms with Crippen molar-refractivity contribution >= 4 is 35.6 Å². The van der Waals surface area contributed by atoms with Gasteiger partial charge in [0.2, 0.25) is 0 Å². The van der Waals surface area contributed by atoms with Crippen LogP contribution in [0.25, 0.3) is 0 Å². The van der Waals surface area contributed by atoms with E-state index in [2.05, 4.69) is 9.47 Å². The van der Waals surface area contributed by atoms with Crippen LogP contribution >= 0.6 is 0 Å². The Morgan fingerprint density at radius 1 is 0.515 bits per heavy atom. The standard InChI is InChI=1S/C28H52O7.C8H14O4.C8H18O2.C4H6O3.2CH4/c1-24(29)18-13-9-10-14-19-25(30)27(2,3)34-22-15-11-7-8-12-16-23-35-28(4,5)26(31)33-21-17-20-32-6;9-7(10)5-3-1-2-4-6-8(11)12;9-7-5-3-1-2-4-6-8-10;5-4-6-2-1-3-7-4;;/h7-23H2,1-6H3;1-6H2,(H,9,10)(H,11,12);9-10H,1-8H2;1-3H2;2*1H4. The first-order chi connectivity index (χ1) is 30.5. The maximum Gasteiger partial charge on any atom is 0.508 e. The number of cyclic esters (lactones) is 2. The maximum atomic E-state index is 12.4. The van der Waals surface area contributed by atoms with Crippen molar-refractivity contribution in [3.05, 3.63) is 0 Å². The monoisotopic (exact) mass is 955 g/mol. The smallest absolute Gasteiger partial charge is 0.481 e. The molecular formula is C50H98O16. The van der Waals surface area contributed by atoms with E-state index < -0.39 is 29.3 Å². The molecule has 394 valence electrons. The van der Waals surface area contributed by atoms with Crippen molar-refractivity contribution in [2.45, 2.75) is 228 Å². The van der Waals surface area contributed by atoms with Crippen molar-refractivity contribution in [2.75, 3.05) is 60.0 Å². The minimum absolute atomic E-state index is 0. The molecule has 1 rings (SSSR count). The number of carboxylic acid groups (broad SMARTS) is 2. The number of Topliss-reactive ketones (excluding diaryl/α,β-unsaturated/α-hetero) is 2. The molecule has 0 spiro atoms. The molecule has 1 saturated heterocycles. The van der Waals surface area contributed by atoms with Crippen LogP contribution in [-0.4, -0.2) is 127 Å². The quantitative estimate of drug-likeness (QED) is 0.0332. The number of esters is 1. The molecule has 0 bridgehead atoms. The fourth-order valence-corrected chi connectivity index (χ4v) is 5.81. The predicted molar refractivity (Wildman–Crippen MR) is 259 cm³/mol. The van der Waals surface area contributed by atoms with E-state index in [0.717, 1.165) is 109 Å². The first-order valence-corrected chi connectivity index (χ1v) is 23.9. The molecule has 16 heteroatoms. The Labute approximate surface area is 399 Å². The summed E-state index contributed by atoms with van der Waals surface area (Å²) in [6, 6.07) is 0. The molecule has 16 nitrogen and oxygen atoms in total. The van der Waals surface area contributed by atoms with Crippen molar-refractivity contribution in [2.24, 2.45) is 0 Å². The maximum absolute atomic E-state index is 12.4. The zero-order valence-electron chi connectivity index (χ0n) is 40.7. The number of methoxy groups -OCH3 is 1. The summed E-state index contributed by atoms with van der Waals surface area (Å²) in [6.45, 7) is 12.6. The third-order valence-corrected chi connectivity index (χ3v) is 9.86. The van der Waals surface area contributed by atoms with E-state index in [1.165, 1.54) is 12.8 Å². The number of hydrogen-bond acceptors (Lipinski definition) is 14. The van der Waals surface area contributed by atoms with E-state index in [4.69, 9.17) is 39.4 Å². The number of carbonyl (C=O) groups is 6. The molecule has 66 heavy (non-hydrogen) atoms. The number of carboxylic acids is 2. The summed E-state index contributed by atoms with van der Waals surface area (Å²) >= 11 is 0. The lowest BCUT2D eigenvalue weighted by molar-refractivity contribution is -0.168. The van der Waals surface area contributed by atoms with Gasteiger partial charge >= 0.3 is 24.1 Å². The van der Waals surface area contributed by atoms with Crippen LogP contribution in [0.4, 0.5) is 4.79 Å². The summed E-state index contributed by atoms with van der Waals surface area (Å²) in [5.41, 5.74) is -1.65.